The van der Waals surface area contributed by atoms with Gasteiger partial charge >= 0.3 is 0 Å². The van der Waals surface area contributed by atoms with Gasteiger partial charge < -0.3 is 14.8 Å². The summed E-state index contributed by atoms with van der Waals surface area (Å²) in [5, 5.41) is 4.83. The van der Waals surface area contributed by atoms with Gasteiger partial charge in [0.2, 0.25) is 0 Å². The molecule has 1 N–H and O–H groups in total. The van der Waals surface area contributed by atoms with E-state index >= 15 is 0 Å². The molecule has 0 radical (unpaired) electrons. The number of methoxy groups -OCH3 is 1. The molecule has 2 aromatic rings. The fraction of sp³-hybridized carbons (Fsp3) is 0.250. The van der Waals surface area contributed by atoms with Crippen LogP contribution in [0.2, 0.25) is 0 Å². The van der Waals surface area contributed by atoms with Crippen LogP contribution in [0.25, 0.3) is 0 Å². The number of carbonyl (C=O) groups is 2. The summed E-state index contributed by atoms with van der Waals surface area (Å²) in [6.45, 7) is 1.80. The van der Waals surface area contributed by atoms with Crippen LogP contribution < -0.4 is 14.8 Å². The molecule has 1 aromatic carbocycles. The van der Waals surface area contributed by atoms with Gasteiger partial charge in [-0.2, -0.15) is 0 Å². The normalized spacial score (nSPS) is 11.5. The number of amides is 1. The summed E-state index contributed by atoms with van der Waals surface area (Å²) in [6, 6.07) is 8.64. The number of benzene rings is 1. The Bertz CT molecular complexity index is 640. The molecule has 0 bridgehead atoms. The molecule has 0 aliphatic rings. The highest BCUT2D eigenvalue weighted by Crippen LogP contribution is 2.27. The molecular weight excluding hydrogens is 302 g/mol. The highest BCUT2D eigenvalue weighted by Gasteiger charge is 2.12. The van der Waals surface area contributed by atoms with Gasteiger partial charge in [0.1, 0.15) is 6.29 Å². The average molecular weight is 319 g/mol. The number of nitrogens with one attached hydrogen (secondary N) is 1. The van der Waals surface area contributed by atoms with Crippen molar-refractivity contribution in [2.45, 2.75) is 13.0 Å². The van der Waals surface area contributed by atoms with Crippen LogP contribution >= 0.6 is 11.3 Å². The summed E-state index contributed by atoms with van der Waals surface area (Å²) >= 11 is 1.59. The number of ether oxygens (including phenoxy) is 2. The first-order valence-corrected chi connectivity index (χ1v) is 7.60. The van der Waals surface area contributed by atoms with Crippen LogP contribution in [0.5, 0.6) is 11.5 Å². The Kier molecular flexibility index (Phi) is 5.55. The maximum Gasteiger partial charge on any atom is 0.258 e. The molecule has 1 heterocycles. The molecule has 0 saturated heterocycles. The van der Waals surface area contributed by atoms with Crippen molar-refractivity contribution in [3.8, 4) is 11.5 Å². The molecule has 1 aromatic heterocycles. The van der Waals surface area contributed by atoms with Crippen molar-refractivity contribution in [3.63, 3.8) is 0 Å². The summed E-state index contributed by atoms with van der Waals surface area (Å²) in [6.07, 6.45) is 0.724. The van der Waals surface area contributed by atoms with Gasteiger partial charge in [-0.1, -0.05) is 6.07 Å². The van der Waals surface area contributed by atoms with E-state index in [1.807, 2.05) is 24.4 Å². The first kappa shape index (κ1) is 16.0. The maximum absolute atomic E-state index is 11.9. The molecule has 1 amide bonds. The zero-order chi connectivity index (χ0) is 15.9. The number of thiophene rings is 1. The molecule has 0 spiro atoms. The Morgan fingerprint density at radius 1 is 1.36 bits per heavy atom. The fourth-order valence-corrected chi connectivity index (χ4v) is 2.65. The highest BCUT2D eigenvalue weighted by molar-refractivity contribution is 7.10. The Morgan fingerprint density at radius 2 is 2.18 bits per heavy atom. The summed E-state index contributed by atoms with van der Waals surface area (Å²) in [5.41, 5.74) is 0.486. The van der Waals surface area contributed by atoms with E-state index in [-0.39, 0.29) is 18.6 Å². The van der Waals surface area contributed by atoms with E-state index in [0.29, 0.717) is 17.1 Å². The quantitative estimate of drug-likeness (QED) is 0.797. The third-order valence-electron chi connectivity index (χ3n) is 3.03. The molecule has 22 heavy (non-hydrogen) atoms. The molecule has 116 valence electrons. The van der Waals surface area contributed by atoms with Gasteiger partial charge in [0.25, 0.3) is 5.91 Å². The molecular formula is C16H17NO4S. The predicted molar refractivity (Wildman–Crippen MR) is 84.8 cm³/mol. The monoisotopic (exact) mass is 319 g/mol. The SMILES string of the molecule is COc1cc(C=O)ccc1OCC(=O)NC(C)c1cccs1. The lowest BCUT2D eigenvalue weighted by Gasteiger charge is -2.14. The second-order valence-electron chi connectivity index (χ2n) is 4.62. The van der Waals surface area contributed by atoms with Crippen molar-refractivity contribution in [1.82, 2.24) is 5.32 Å². The minimum atomic E-state index is -0.220. The zero-order valence-corrected chi connectivity index (χ0v) is 13.2. The lowest BCUT2D eigenvalue weighted by atomic mass is 10.2. The summed E-state index contributed by atoms with van der Waals surface area (Å²) in [7, 11) is 1.48. The van der Waals surface area contributed by atoms with Crippen LogP contribution in [-0.2, 0) is 4.79 Å². The van der Waals surface area contributed by atoms with Gasteiger partial charge in [-0.15, -0.1) is 11.3 Å². The highest BCUT2D eigenvalue weighted by atomic mass is 32.1. The van der Waals surface area contributed by atoms with Gasteiger partial charge in [-0.3, -0.25) is 9.59 Å². The van der Waals surface area contributed by atoms with Gasteiger partial charge in [-0.05, 0) is 36.6 Å². The first-order valence-electron chi connectivity index (χ1n) is 6.73. The molecule has 6 heteroatoms. The van der Waals surface area contributed by atoms with Crippen molar-refractivity contribution in [2.24, 2.45) is 0 Å². The average Bonchev–Trinajstić information content (AvgIpc) is 3.07. The molecule has 1 unspecified atom stereocenters. The standard InChI is InChI=1S/C16H17NO4S/c1-11(15-4-3-7-22-15)17-16(19)10-21-13-6-5-12(9-18)8-14(13)20-2/h3-9,11H,10H2,1-2H3,(H,17,19). The molecule has 0 fully saturated rings. The minimum Gasteiger partial charge on any atom is -0.493 e. The van der Waals surface area contributed by atoms with Crippen LogP contribution in [0, 0.1) is 0 Å². The van der Waals surface area contributed by atoms with Gasteiger partial charge in [0.15, 0.2) is 18.1 Å². The summed E-state index contributed by atoms with van der Waals surface area (Å²) in [4.78, 5) is 23.7. The van der Waals surface area contributed by atoms with E-state index < -0.39 is 0 Å². The predicted octanol–water partition coefficient (Wildman–Crippen LogP) is 2.83. The number of carbonyl (C=O) groups excluding carboxylic acids is 2. The van der Waals surface area contributed by atoms with Crippen LogP contribution in [0.15, 0.2) is 35.7 Å². The fourth-order valence-electron chi connectivity index (χ4n) is 1.91. The summed E-state index contributed by atoms with van der Waals surface area (Å²) < 4.78 is 10.6. The maximum atomic E-state index is 11.9. The van der Waals surface area contributed by atoms with Crippen LogP contribution in [0.1, 0.15) is 28.2 Å². The number of rotatable bonds is 7. The Labute approximate surface area is 132 Å². The Balaban J connectivity index is 1.92. The van der Waals surface area contributed by atoms with E-state index in [2.05, 4.69) is 5.32 Å². The Hall–Kier alpha value is -2.34. The van der Waals surface area contributed by atoms with E-state index in [9.17, 15) is 9.59 Å². The van der Waals surface area contributed by atoms with Crippen molar-refractivity contribution < 1.29 is 19.1 Å². The topological polar surface area (TPSA) is 64.6 Å². The van der Waals surface area contributed by atoms with E-state index in [1.54, 1.807) is 29.5 Å². The lowest BCUT2D eigenvalue weighted by molar-refractivity contribution is -0.123. The third-order valence-corrected chi connectivity index (χ3v) is 4.09. The third kappa shape index (κ3) is 4.08. The number of hydrogen-bond donors (Lipinski definition) is 1. The smallest absolute Gasteiger partial charge is 0.258 e. The van der Waals surface area contributed by atoms with E-state index in [0.717, 1.165) is 11.2 Å². The van der Waals surface area contributed by atoms with Crippen LogP contribution in [-0.4, -0.2) is 25.9 Å². The van der Waals surface area contributed by atoms with Crippen molar-refractivity contribution >= 4 is 23.5 Å². The zero-order valence-electron chi connectivity index (χ0n) is 12.4. The molecule has 0 saturated carbocycles. The van der Waals surface area contributed by atoms with Crippen molar-refractivity contribution in [3.05, 3.63) is 46.2 Å². The van der Waals surface area contributed by atoms with Crippen LogP contribution in [0.3, 0.4) is 0 Å². The van der Waals surface area contributed by atoms with Gasteiger partial charge in [0.05, 0.1) is 13.2 Å². The van der Waals surface area contributed by atoms with Gasteiger partial charge in [-0.25, -0.2) is 0 Å². The lowest BCUT2D eigenvalue weighted by Crippen LogP contribution is -2.30. The van der Waals surface area contributed by atoms with Crippen LogP contribution in [0.4, 0.5) is 0 Å². The van der Waals surface area contributed by atoms with E-state index in [1.165, 1.54) is 7.11 Å². The first-order chi connectivity index (χ1) is 10.6. The minimum absolute atomic E-state index is 0.0598. The molecule has 0 aliphatic carbocycles. The number of aldehydes is 1. The van der Waals surface area contributed by atoms with Crippen molar-refractivity contribution in [2.75, 3.05) is 13.7 Å². The summed E-state index contributed by atoms with van der Waals surface area (Å²) in [5.74, 6) is 0.623. The second kappa shape index (κ2) is 7.61. The molecule has 5 nitrogen and oxygen atoms in total. The second-order valence-corrected chi connectivity index (χ2v) is 5.60. The van der Waals surface area contributed by atoms with E-state index in [4.69, 9.17) is 9.47 Å². The number of hydrogen-bond acceptors (Lipinski definition) is 5. The molecule has 2 rings (SSSR count). The van der Waals surface area contributed by atoms with Gasteiger partial charge in [0, 0.05) is 10.4 Å². The largest absolute Gasteiger partial charge is 0.493 e. The molecule has 0 aliphatic heterocycles. The molecule has 1 atom stereocenters. The van der Waals surface area contributed by atoms with Crippen molar-refractivity contribution in [1.29, 1.82) is 0 Å². The Morgan fingerprint density at radius 3 is 2.82 bits per heavy atom.